The number of anilines is 1. The first kappa shape index (κ1) is 28.3. The maximum Gasteiger partial charge on any atom is 0.244 e. The van der Waals surface area contributed by atoms with E-state index < -0.39 is 28.5 Å². The van der Waals surface area contributed by atoms with Crippen LogP contribution >= 0.6 is 0 Å². The zero-order chi connectivity index (χ0) is 27.2. The molecular weight excluding hydrogens is 494 g/mol. The third-order valence-electron chi connectivity index (χ3n) is 6.48. The van der Waals surface area contributed by atoms with E-state index in [1.165, 1.54) is 4.90 Å². The molecular formula is C27H37N3O6S. The molecule has 10 heteroatoms. The molecule has 2 aromatic carbocycles. The predicted molar refractivity (Wildman–Crippen MR) is 143 cm³/mol. The highest BCUT2D eigenvalue weighted by molar-refractivity contribution is 7.92. The van der Waals surface area contributed by atoms with E-state index in [4.69, 9.17) is 9.47 Å². The predicted octanol–water partition coefficient (Wildman–Crippen LogP) is 3.25. The fourth-order valence-corrected chi connectivity index (χ4v) is 4.97. The molecule has 0 radical (unpaired) electrons. The Kier molecular flexibility index (Phi) is 9.42. The second-order valence-electron chi connectivity index (χ2n) is 9.29. The van der Waals surface area contributed by atoms with E-state index in [0.29, 0.717) is 31.1 Å². The molecule has 0 bridgehead atoms. The van der Waals surface area contributed by atoms with Crippen molar-refractivity contribution < 1.29 is 27.5 Å². The molecule has 0 aromatic heterocycles. The van der Waals surface area contributed by atoms with Gasteiger partial charge in [-0.25, -0.2) is 8.42 Å². The lowest BCUT2D eigenvalue weighted by atomic mass is 10.1. The fraction of sp³-hybridized carbons (Fsp3) is 0.481. The number of ether oxygens (including phenoxy) is 2. The molecule has 1 aliphatic heterocycles. The molecule has 1 heterocycles. The molecule has 1 aliphatic rings. The average Bonchev–Trinajstić information content (AvgIpc) is 2.87. The summed E-state index contributed by atoms with van der Waals surface area (Å²) in [6.45, 7) is 8.14. The van der Waals surface area contributed by atoms with Crippen molar-refractivity contribution in [2.75, 3.05) is 30.3 Å². The molecule has 2 atom stereocenters. The molecule has 2 aromatic rings. The van der Waals surface area contributed by atoms with Crippen LogP contribution in [0.2, 0.25) is 0 Å². The number of carbonyl (C=O) groups is 2. The van der Waals surface area contributed by atoms with Crippen molar-refractivity contribution in [1.29, 1.82) is 0 Å². The van der Waals surface area contributed by atoms with E-state index in [0.717, 1.165) is 28.1 Å². The van der Waals surface area contributed by atoms with Crippen LogP contribution in [0.25, 0.3) is 0 Å². The fourth-order valence-electron chi connectivity index (χ4n) is 4.13. The molecule has 1 N–H and O–H groups in total. The molecule has 9 nitrogen and oxygen atoms in total. The summed E-state index contributed by atoms with van der Waals surface area (Å²) in [7, 11) is -3.84. The zero-order valence-corrected chi connectivity index (χ0v) is 23.0. The standard InChI is InChI=1S/C27H37N3O6S/c1-6-20(4)28-27(32)23(7-2)29(17-21-11-9-8-10-19(21)3)26(31)18-30(37(5,33)34)22-12-13-24-25(16-22)36-15-14-35-24/h8-13,16,20,23H,6-7,14-15,17-18H2,1-5H3,(H,28,32). The lowest BCUT2D eigenvalue weighted by Gasteiger charge is -2.34. The number of sulfonamides is 1. The van der Waals surface area contributed by atoms with Gasteiger partial charge in [0.25, 0.3) is 0 Å². The van der Waals surface area contributed by atoms with Gasteiger partial charge in [0.15, 0.2) is 11.5 Å². The van der Waals surface area contributed by atoms with Gasteiger partial charge in [-0.3, -0.25) is 13.9 Å². The van der Waals surface area contributed by atoms with Crippen molar-refractivity contribution in [1.82, 2.24) is 10.2 Å². The topological polar surface area (TPSA) is 105 Å². The lowest BCUT2D eigenvalue weighted by molar-refractivity contribution is -0.140. The molecule has 2 amide bonds. The largest absolute Gasteiger partial charge is 0.486 e. The number of nitrogens with zero attached hydrogens (tertiary/aromatic N) is 2. The zero-order valence-electron chi connectivity index (χ0n) is 22.2. The first-order valence-electron chi connectivity index (χ1n) is 12.6. The van der Waals surface area contributed by atoms with Crippen LogP contribution < -0.4 is 19.1 Å². The smallest absolute Gasteiger partial charge is 0.244 e. The van der Waals surface area contributed by atoms with E-state index in [9.17, 15) is 18.0 Å². The first-order valence-corrected chi connectivity index (χ1v) is 14.4. The van der Waals surface area contributed by atoms with E-state index in [1.54, 1.807) is 18.2 Å². The highest BCUT2D eigenvalue weighted by Gasteiger charge is 2.32. The Morgan fingerprint density at radius 2 is 1.70 bits per heavy atom. The van der Waals surface area contributed by atoms with Crippen molar-refractivity contribution in [3.05, 3.63) is 53.6 Å². The van der Waals surface area contributed by atoms with Crippen LogP contribution in [0.4, 0.5) is 5.69 Å². The number of amides is 2. The van der Waals surface area contributed by atoms with E-state index >= 15 is 0 Å². The number of carbonyl (C=O) groups excluding carboxylic acids is 2. The molecule has 0 spiro atoms. The number of hydrogen-bond acceptors (Lipinski definition) is 6. The molecule has 202 valence electrons. The van der Waals surface area contributed by atoms with Crippen molar-refractivity contribution in [2.24, 2.45) is 0 Å². The third kappa shape index (κ3) is 7.15. The van der Waals surface area contributed by atoms with Crippen LogP contribution in [-0.4, -0.2) is 63.2 Å². The van der Waals surface area contributed by atoms with Crippen LogP contribution in [-0.2, 0) is 26.2 Å². The van der Waals surface area contributed by atoms with Gasteiger partial charge >= 0.3 is 0 Å². The van der Waals surface area contributed by atoms with Crippen LogP contribution in [0.5, 0.6) is 11.5 Å². The minimum atomic E-state index is -3.84. The van der Waals surface area contributed by atoms with E-state index in [2.05, 4.69) is 5.32 Å². The summed E-state index contributed by atoms with van der Waals surface area (Å²) in [6, 6.07) is 11.6. The number of rotatable bonds is 11. The average molecular weight is 532 g/mol. The molecule has 0 aliphatic carbocycles. The highest BCUT2D eigenvalue weighted by atomic mass is 32.2. The summed E-state index contributed by atoms with van der Waals surface area (Å²) in [5.41, 5.74) is 2.15. The van der Waals surface area contributed by atoms with Crippen LogP contribution in [0, 0.1) is 6.92 Å². The highest BCUT2D eigenvalue weighted by Crippen LogP contribution is 2.34. The summed E-state index contributed by atoms with van der Waals surface area (Å²) < 4.78 is 37.9. The Hall–Kier alpha value is -3.27. The molecule has 37 heavy (non-hydrogen) atoms. The first-order chi connectivity index (χ1) is 17.5. The summed E-state index contributed by atoms with van der Waals surface area (Å²) >= 11 is 0. The Morgan fingerprint density at radius 3 is 2.32 bits per heavy atom. The number of nitrogens with one attached hydrogen (secondary N) is 1. The van der Waals surface area contributed by atoms with Gasteiger partial charge < -0.3 is 19.7 Å². The van der Waals surface area contributed by atoms with Gasteiger partial charge in [0, 0.05) is 18.7 Å². The van der Waals surface area contributed by atoms with Crippen molar-refractivity contribution >= 4 is 27.5 Å². The second kappa shape index (κ2) is 12.3. The summed E-state index contributed by atoms with van der Waals surface area (Å²) in [5.74, 6) is 0.198. The number of benzene rings is 2. The Morgan fingerprint density at radius 1 is 1.03 bits per heavy atom. The molecule has 0 fully saturated rings. The van der Waals surface area contributed by atoms with Gasteiger partial charge in [0.1, 0.15) is 25.8 Å². The van der Waals surface area contributed by atoms with Gasteiger partial charge in [-0.2, -0.15) is 0 Å². The quantitative estimate of drug-likeness (QED) is 0.477. The lowest BCUT2D eigenvalue weighted by Crippen LogP contribution is -2.53. The van der Waals surface area contributed by atoms with E-state index in [1.807, 2.05) is 52.0 Å². The van der Waals surface area contributed by atoms with E-state index in [-0.39, 0.29) is 24.2 Å². The van der Waals surface area contributed by atoms with Crippen LogP contribution in [0.15, 0.2) is 42.5 Å². The number of aryl methyl sites for hydroxylation is 1. The van der Waals surface area contributed by atoms with Crippen LogP contribution in [0.1, 0.15) is 44.7 Å². The van der Waals surface area contributed by atoms with Gasteiger partial charge in [0.05, 0.1) is 11.9 Å². The third-order valence-corrected chi connectivity index (χ3v) is 7.62. The Bertz CT molecular complexity index is 1220. The Labute approximate surface area is 219 Å². The maximum atomic E-state index is 13.8. The Balaban J connectivity index is 1.96. The maximum absolute atomic E-state index is 13.8. The summed E-state index contributed by atoms with van der Waals surface area (Å²) in [5, 5.41) is 2.97. The van der Waals surface area contributed by atoms with Crippen LogP contribution in [0.3, 0.4) is 0 Å². The van der Waals surface area contributed by atoms with Gasteiger partial charge in [-0.1, -0.05) is 38.1 Å². The summed E-state index contributed by atoms with van der Waals surface area (Å²) in [4.78, 5) is 28.5. The van der Waals surface area contributed by atoms with Gasteiger partial charge in [-0.05, 0) is 49.9 Å². The monoisotopic (exact) mass is 531 g/mol. The summed E-state index contributed by atoms with van der Waals surface area (Å²) in [6.07, 6.45) is 2.18. The SMILES string of the molecule is CCC(C)NC(=O)C(CC)N(Cc1ccccc1C)C(=O)CN(c1ccc2c(c1)OCCO2)S(C)(=O)=O. The van der Waals surface area contributed by atoms with Gasteiger partial charge in [0.2, 0.25) is 21.8 Å². The number of hydrogen-bond donors (Lipinski definition) is 1. The van der Waals surface area contributed by atoms with Crippen molar-refractivity contribution in [3.63, 3.8) is 0 Å². The molecule has 3 rings (SSSR count). The normalized spacial score (nSPS) is 14.4. The molecule has 0 saturated heterocycles. The van der Waals surface area contributed by atoms with Gasteiger partial charge in [-0.15, -0.1) is 0 Å². The van der Waals surface area contributed by atoms with Crippen molar-refractivity contribution in [2.45, 2.75) is 59.2 Å². The minimum Gasteiger partial charge on any atom is -0.486 e. The number of fused-ring (bicyclic) bond motifs is 1. The molecule has 2 unspecified atom stereocenters. The van der Waals surface area contributed by atoms with Crippen molar-refractivity contribution in [3.8, 4) is 11.5 Å². The second-order valence-corrected chi connectivity index (χ2v) is 11.2. The molecule has 0 saturated carbocycles. The minimum absolute atomic E-state index is 0.0535.